The van der Waals surface area contributed by atoms with E-state index in [1.807, 2.05) is 16.9 Å². The second-order valence-electron chi connectivity index (χ2n) is 4.71. The number of halogens is 1. The molecular formula is C17H15IN2. The van der Waals surface area contributed by atoms with Crippen molar-refractivity contribution in [2.24, 2.45) is 0 Å². The summed E-state index contributed by atoms with van der Waals surface area (Å²) >= 11 is 2.37. The zero-order chi connectivity index (χ0) is 13.8. The number of aromatic nitrogens is 2. The average Bonchev–Trinajstić information content (AvgIpc) is 2.95. The summed E-state index contributed by atoms with van der Waals surface area (Å²) in [5.74, 6) is 0. The van der Waals surface area contributed by atoms with Crippen molar-refractivity contribution in [2.75, 3.05) is 0 Å². The van der Waals surface area contributed by atoms with Crippen LogP contribution in [0.2, 0.25) is 0 Å². The van der Waals surface area contributed by atoms with Crippen LogP contribution in [0.5, 0.6) is 0 Å². The van der Waals surface area contributed by atoms with Gasteiger partial charge in [-0.05, 0) is 46.2 Å². The maximum absolute atomic E-state index is 4.46. The molecule has 1 aromatic heterocycles. The topological polar surface area (TPSA) is 17.8 Å². The Labute approximate surface area is 132 Å². The molecule has 20 heavy (non-hydrogen) atoms. The normalized spacial score (nSPS) is 10.7. The first-order valence-electron chi connectivity index (χ1n) is 6.64. The molecule has 2 aromatic carbocycles. The molecule has 0 saturated heterocycles. The van der Waals surface area contributed by atoms with Gasteiger partial charge in [0.15, 0.2) is 0 Å². The van der Waals surface area contributed by atoms with Crippen LogP contribution in [0, 0.1) is 3.57 Å². The van der Waals surface area contributed by atoms with E-state index in [9.17, 15) is 0 Å². The fourth-order valence-corrected chi connectivity index (χ4v) is 2.91. The third kappa shape index (κ3) is 3.10. The Hall–Kier alpha value is -1.62. The summed E-state index contributed by atoms with van der Waals surface area (Å²) < 4.78 is 3.28. The van der Waals surface area contributed by atoms with E-state index in [0.29, 0.717) is 0 Å². The van der Waals surface area contributed by atoms with E-state index < -0.39 is 0 Å². The Morgan fingerprint density at radius 2 is 1.70 bits per heavy atom. The Bertz CT molecular complexity index is 689. The summed E-state index contributed by atoms with van der Waals surface area (Å²) in [6.07, 6.45) is 5.08. The molecule has 1 heterocycles. The van der Waals surface area contributed by atoms with Crippen molar-refractivity contribution in [3.05, 3.63) is 76.1 Å². The minimum atomic E-state index is 0.910. The van der Waals surface area contributed by atoms with Crippen LogP contribution in [0.3, 0.4) is 0 Å². The second kappa shape index (κ2) is 6.22. The number of hydrogen-bond donors (Lipinski definition) is 0. The first-order chi connectivity index (χ1) is 9.83. The van der Waals surface area contributed by atoms with Gasteiger partial charge in [-0.2, -0.15) is 5.10 Å². The molecule has 0 fully saturated rings. The molecule has 100 valence electrons. The van der Waals surface area contributed by atoms with Gasteiger partial charge in [-0.25, -0.2) is 0 Å². The van der Waals surface area contributed by atoms with Crippen LogP contribution in [0.25, 0.3) is 11.1 Å². The van der Waals surface area contributed by atoms with E-state index >= 15 is 0 Å². The Morgan fingerprint density at radius 1 is 0.950 bits per heavy atom. The van der Waals surface area contributed by atoms with Gasteiger partial charge >= 0.3 is 0 Å². The lowest BCUT2D eigenvalue weighted by atomic mass is 10.1. The highest BCUT2D eigenvalue weighted by Gasteiger charge is 2.05. The maximum atomic E-state index is 4.46. The number of benzene rings is 2. The lowest BCUT2D eigenvalue weighted by Crippen LogP contribution is -2.01. The van der Waals surface area contributed by atoms with Crippen LogP contribution < -0.4 is 0 Å². The second-order valence-corrected chi connectivity index (χ2v) is 5.87. The molecule has 0 aliphatic rings. The van der Waals surface area contributed by atoms with Gasteiger partial charge in [0.1, 0.15) is 0 Å². The molecule has 0 aliphatic heterocycles. The average molecular weight is 374 g/mol. The fraction of sp³-hybridized carbons (Fsp3) is 0.118. The number of hydrogen-bond acceptors (Lipinski definition) is 1. The summed E-state index contributed by atoms with van der Waals surface area (Å²) in [4.78, 5) is 0. The van der Waals surface area contributed by atoms with E-state index in [1.165, 1.54) is 20.3 Å². The van der Waals surface area contributed by atoms with E-state index in [-0.39, 0.29) is 0 Å². The summed E-state index contributed by atoms with van der Waals surface area (Å²) in [6.45, 7) is 0.910. The summed E-state index contributed by atoms with van der Waals surface area (Å²) in [7, 11) is 0. The molecule has 0 bridgehead atoms. The smallest absolute Gasteiger partial charge is 0.0568 e. The summed E-state index contributed by atoms with van der Waals surface area (Å²) in [6, 6.07) is 18.9. The van der Waals surface area contributed by atoms with Crippen LogP contribution in [-0.4, -0.2) is 9.78 Å². The highest BCUT2D eigenvalue weighted by Crippen LogP contribution is 2.24. The molecular weight excluding hydrogens is 359 g/mol. The monoisotopic (exact) mass is 374 g/mol. The molecule has 0 spiro atoms. The minimum absolute atomic E-state index is 0.910. The minimum Gasteiger partial charge on any atom is -0.272 e. The standard InChI is InChI=1S/C17H15IN2/c18-17-9-5-4-8-16(17)15-12-19-20(13-15)11-10-14-6-2-1-3-7-14/h1-9,12-13H,10-11H2. The quantitative estimate of drug-likeness (QED) is 0.619. The first kappa shape index (κ1) is 13.4. The van der Waals surface area contributed by atoms with Crippen LogP contribution in [0.4, 0.5) is 0 Å². The highest BCUT2D eigenvalue weighted by atomic mass is 127. The van der Waals surface area contributed by atoms with Crippen LogP contribution in [0.15, 0.2) is 67.0 Å². The van der Waals surface area contributed by atoms with E-state index in [1.54, 1.807) is 0 Å². The predicted octanol–water partition coefficient (Wildman–Crippen LogP) is 4.40. The van der Waals surface area contributed by atoms with E-state index in [4.69, 9.17) is 0 Å². The zero-order valence-electron chi connectivity index (χ0n) is 11.0. The van der Waals surface area contributed by atoms with Crippen molar-refractivity contribution >= 4 is 22.6 Å². The highest BCUT2D eigenvalue weighted by molar-refractivity contribution is 14.1. The van der Waals surface area contributed by atoms with Crippen molar-refractivity contribution in [1.29, 1.82) is 0 Å². The van der Waals surface area contributed by atoms with Gasteiger partial charge in [0.2, 0.25) is 0 Å². The molecule has 3 heteroatoms. The van der Waals surface area contributed by atoms with Gasteiger partial charge in [-0.3, -0.25) is 4.68 Å². The van der Waals surface area contributed by atoms with Crippen molar-refractivity contribution < 1.29 is 0 Å². The van der Waals surface area contributed by atoms with Gasteiger partial charge < -0.3 is 0 Å². The van der Waals surface area contributed by atoms with Gasteiger partial charge in [0.05, 0.1) is 6.20 Å². The Balaban J connectivity index is 1.73. The van der Waals surface area contributed by atoms with Crippen molar-refractivity contribution in [1.82, 2.24) is 9.78 Å². The van der Waals surface area contributed by atoms with E-state index in [0.717, 1.165) is 13.0 Å². The Morgan fingerprint density at radius 3 is 2.50 bits per heavy atom. The lowest BCUT2D eigenvalue weighted by molar-refractivity contribution is 0.615. The van der Waals surface area contributed by atoms with Crippen LogP contribution in [0.1, 0.15) is 5.56 Å². The SMILES string of the molecule is Ic1ccccc1-c1cnn(CCc2ccccc2)c1. The molecule has 3 rings (SSSR count). The van der Waals surface area contributed by atoms with Gasteiger partial charge in [0.25, 0.3) is 0 Å². The van der Waals surface area contributed by atoms with Crippen molar-refractivity contribution in [2.45, 2.75) is 13.0 Å². The first-order valence-corrected chi connectivity index (χ1v) is 7.72. The predicted molar refractivity (Wildman–Crippen MR) is 90.5 cm³/mol. The summed E-state index contributed by atoms with van der Waals surface area (Å²) in [5.41, 5.74) is 3.78. The fourth-order valence-electron chi connectivity index (χ4n) is 2.21. The number of rotatable bonds is 4. The van der Waals surface area contributed by atoms with Gasteiger partial charge in [-0.1, -0.05) is 48.5 Å². The molecule has 3 aromatic rings. The third-order valence-electron chi connectivity index (χ3n) is 3.29. The molecule has 0 N–H and O–H groups in total. The zero-order valence-corrected chi connectivity index (χ0v) is 13.2. The maximum Gasteiger partial charge on any atom is 0.0568 e. The van der Waals surface area contributed by atoms with Gasteiger partial charge in [0, 0.05) is 21.9 Å². The van der Waals surface area contributed by atoms with E-state index in [2.05, 4.69) is 82.4 Å². The van der Waals surface area contributed by atoms with Gasteiger partial charge in [-0.15, -0.1) is 0 Å². The summed E-state index contributed by atoms with van der Waals surface area (Å²) in [5, 5.41) is 4.46. The molecule has 0 aliphatic carbocycles. The molecule has 0 saturated carbocycles. The van der Waals surface area contributed by atoms with Crippen molar-refractivity contribution in [3.8, 4) is 11.1 Å². The lowest BCUT2D eigenvalue weighted by Gasteiger charge is -2.02. The van der Waals surface area contributed by atoms with Crippen molar-refractivity contribution in [3.63, 3.8) is 0 Å². The molecule has 0 radical (unpaired) electrons. The number of aryl methyl sites for hydroxylation is 2. The van der Waals surface area contributed by atoms with Crippen LogP contribution in [-0.2, 0) is 13.0 Å². The molecule has 0 unspecified atom stereocenters. The van der Waals surface area contributed by atoms with Crippen LogP contribution >= 0.6 is 22.6 Å². The molecule has 0 atom stereocenters. The molecule has 0 amide bonds. The number of nitrogens with zero attached hydrogens (tertiary/aromatic N) is 2. The Kier molecular flexibility index (Phi) is 4.16. The molecule has 2 nitrogen and oxygen atoms in total. The largest absolute Gasteiger partial charge is 0.272 e. The third-order valence-corrected chi connectivity index (χ3v) is 4.23.